The summed E-state index contributed by atoms with van der Waals surface area (Å²) in [6.07, 6.45) is 3.63. The predicted octanol–water partition coefficient (Wildman–Crippen LogP) is 8.10. The first-order valence-electron chi connectivity index (χ1n) is 12.2. The number of aromatic carboxylic acids is 1. The monoisotopic (exact) mass is 674 g/mol. The highest BCUT2D eigenvalue weighted by atomic mass is 35.5. The van der Waals surface area contributed by atoms with Gasteiger partial charge in [-0.3, -0.25) is 9.59 Å². The van der Waals surface area contributed by atoms with Gasteiger partial charge in [-0.15, -0.1) is 23.1 Å². The number of aryl methyl sites for hydroxylation is 1. The molecule has 0 radical (unpaired) electrons. The van der Waals surface area contributed by atoms with E-state index in [9.17, 15) is 24.3 Å². The maximum Gasteiger partial charge on any atom is 0.341 e. The molecule has 1 aliphatic rings. The highest BCUT2D eigenvalue weighted by Crippen LogP contribution is 2.42. The normalized spacial score (nSPS) is 13.2. The summed E-state index contributed by atoms with van der Waals surface area (Å²) in [4.78, 5) is 52.3. The number of carboxylic acids is 1. The maximum atomic E-state index is 13.1. The molecule has 2 amide bonds. The number of carbonyl (C=O) groups is 4. The zero-order valence-corrected chi connectivity index (χ0v) is 26.2. The van der Waals surface area contributed by atoms with E-state index in [4.69, 9.17) is 51.1 Å². The molecular weight excluding hydrogens is 654 g/mol. The summed E-state index contributed by atoms with van der Waals surface area (Å²) in [5.41, 5.74) is 0.650. The summed E-state index contributed by atoms with van der Waals surface area (Å²) in [7, 11) is 1.32. The van der Waals surface area contributed by atoms with Crippen LogP contribution in [0.25, 0.3) is 0 Å². The first-order valence-corrected chi connectivity index (χ1v) is 15.4. The van der Waals surface area contributed by atoms with Gasteiger partial charge < -0.3 is 20.5 Å². The lowest BCUT2D eigenvalue weighted by atomic mass is 9.95. The zero-order valence-electron chi connectivity index (χ0n) is 21.5. The Morgan fingerprint density at radius 2 is 1.61 bits per heavy atom. The molecule has 2 aromatic carbocycles. The third kappa shape index (κ3) is 6.63. The van der Waals surface area contributed by atoms with E-state index in [1.807, 2.05) is 0 Å². The number of benzene rings is 2. The van der Waals surface area contributed by atoms with Gasteiger partial charge in [0.15, 0.2) is 0 Å². The number of halogens is 4. The van der Waals surface area contributed by atoms with E-state index in [0.29, 0.717) is 21.1 Å². The molecule has 0 spiro atoms. The number of anilines is 2. The van der Waals surface area contributed by atoms with Gasteiger partial charge in [0, 0.05) is 15.5 Å². The Labute approximate surface area is 263 Å². The molecule has 0 saturated heterocycles. The molecule has 1 aromatic heterocycles. The number of rotatable bonds is 8. The van der Waals surface area contributed by atoms with Gasteiger partial charge in [0.1, 0.15) is 5.00 Å². The fourth-order valence-electron chi connectivity index (χ4n) is 4.33. The Bertz CT molecular complexity index is 1580. The van der Waals surface area contributed by atoms with Crippen LogP contribution in [0, 0.1) is 0 Å². The Morgan fingerprint density at radius 1 is 0.951 bits per heavy atom. The number of thiophene rings is 1. The molecule has 1 atom stereocenters. The van der Waals surface area contributed by atoms with E-state index in [1.165, 1.54) is 30.2 Å². The number of carbonyl (C=O) groups excluding carboxylic acids is 3. The molecule has 8 nitrogen and oxygen atoms in total. The van der Waals surface area contributed by atoms with Crippen molar-refractivity contribution in [1.82, 2.24) is 0 Å². The lowest BCUT2D eigenvalue weighted by molar-refractivity contribution is -0.115. The highest BCUT2D eigenvalue weighted by Gasteiger charge is 2.30. The summed E-state index contributed by atoms with van der Waals surface area (Å²) in [5, 5.41) is 13.7. The van der Waals surface area contributed by atoms with E-state index >= 15 is 0 Å². The van der Waals surface area contributed by atoms with Gasteiger partial charge in [-0.2, -0.15) is 0 Å². The van der Waals surface area contributed by atoms with E-state index in [2.05, 4.69) is 10.6 Å². The van der Waals surface area contributed by atoms with E-state index in [1.54, 1.807) is 31.2 Å². The summed E-state index contributed by atoms with van der Waals surface area (Å²) >= 11 is 26.9. The third-order valence-electron chi connectivity index (χ3n) is 6.28. The topological polar surface area (TPSA) is 122 Å². The number of carboxylic acid groups (broad SMARTS) is 1. The highest BCUT2D eigenvalue weighted by molar-refractivity contribution is 8.00. The minimum Gasteiger partial charge on any atom is -0.478 e. The summed E-state index contributed by atoms with van der Waals surface area (Å²) in [6, 6.07) is 6.61. The molecule has 216 valence electrons. The number of amides is 2. The number of hydrogen-bond donors (Lipinski definition) is 3. The zero-order chi connectivity index (χ0) is 30.0. The summed E-state index contributed by atoms with van der Waals surface area (Å²) < 4.78 is 4.98. The lowest BCUT2D eigenvalue weighted by Crippen LogP contribution is -2.23. The number of hydrogen-bond acceptors (Lipinski definition) is 7. The molecule has 4 rings (SSSR count). The van der Waals surface area contributed by atoms with Gasteiger partial charge in [-0.05, 0) is 56.4 Å². The van der Waals surface area contributed by atoms with Crippen LogP contribution in [-0.4, -0.2) is 41.2 Å². The lowest BCUT2D eigenvalue weighted by Gasteiger charge is -2.15. The van der Waals surface area contributed by atoms with Crippen molar-refractivity contribution in [2.45, 2.75) is 42.8 Å². The maximum absolute atomic E-state index is 13.1. The molecule has 0 saturated carbocycles. The third-order valence-corrected chi connectivity index (χ3v) is 10.4. The molecule has 3 aromatic rings. The number of ether oxygens (including phenoxy) is 1. The number of thioether (sulfide) groups is 1. The number of fused-ring (bicyclic) bond motifs is 1. The van der Waals surface area contributed by atoms with Gasteiger partial charge in [-0.1, -0.05) is 52.5 Å². The molecule has 1 aliphatic carbocycles. The van der Waals surface area contributed by atoms with Crippen molar-refractivity contribution in [3.63, 3.8) is 0 Å². The molecule has 14 heteroatoms. The van der Waals surface area contributed by atoms with E-state index in [0.717, 1.165) is 36.1 Å². The number of methoxy groups -OCH3 is 1. The first-order chi connectivity index (χ1) is 19.4. The smallest absolute Gasteiger partial charge is 0.341 e. The second-order valence-electron chi connectivity index (χ2n) is 8.95. The Morgan fingerprint density at radius 3 is 2.27 bits per heavy atom. The van der Waals surface area contributed by atoms with Crippen LogP contribution in [0.1, 0.15) is 61.3 Å². The average molecular weight is 676 g/mol. The quantitative estimate of drug-likeness (QED) is 0.0954. The van der Waals surface area contributed by atoms with E-state index in [-0.39, 0.29) is 21.0 Å². The van der Waals surface area contributed by atoms with Gasteiger partial charge in [0.05, 0.1) is 49.1 Å². The molecular formula is C27H22Cl4N2O6S2. The van der Waals surface area contributed by atoms with Crippen LogP contribution in [0.5, 0.6) is 0 Å². The van der Waals surface area contributed by atoms with Crippen LogP contribution in [-0.2, 0) is 22.4 Å². The van der Waals surface area contributed by atoms with Crippen molar-refractivity contribution in [3.05, 3.63) is 71.5 Å². The fraction of sp³-hybridized carbons (Fsp3) is 0.259. The van der Waals surface area contributed by atoms with Gasteiger partial charge >= 0.3 is 11.9 Å². The molecule has 3 N–H and O–H groups in total. The van der Waals surface area contributed by atoms with Crippen molar-refractivity contribution < 1.29 is 29.0 Å². The number of nitrogens with one attached hydrogen (secondary N) is 2. The second-order valence-corrected chi connectivity index (χ2v) is 13.0. The van der Waals surface area contributed by atoms with Crippen LogP contribution in [0.2, 0.25) is 20.1 Å². The average Bonchev–Trinajstić information content (AvgIpc) is 3.30. The molecule has 0 fully saturated rings. The Kier molecular flexibility index (Phi) is 10.2. The van der Waals surface area contributed by atoms with Crippen molar-refractivity contribution in [3.8, 4) is 0 Å². The van der Waals surface area contributed by atoms with Crippen LogP contribution in [0.4, 0.5) is 10.7 Å². The second kappa shape index (κ2) is 13.2. The Balaban J connectivity index is 1.51. The Hall–Kier alpha value is -2.47. The minimum atomic E-state index is -1.51. The SMILES string of the molecule is COC(=O)c1c(NC(=O)C(C)Sc2cccc(NC(=O)c3c(Cl)c(Cl)c(Cl)c(Cl)c3C(=O)O)c2)sc2c1CCCC2. The van der Waals surface area contributed by atoms with Crippen LogP contribution in [0.15, 0.2) is 29.2 Å². The van der Waals surface area contributed by atoms with Crippen molar-refractivity contribution in [2.75, 3.05) is 17.7 Å². The fourth-order valence-corrected chi connectivity index (χ4v) is 7.56. The van der Waals surface area contributed by atoms with E-state index < -0.39 is 39.2 Å². The summed E-state index contributed by atoms with van der Waals surface area (Å²) in [5.74, 6) is -3.15. The predicted molar refractivity (Wildman–Crippen MR) is 164 cm³/mol. The van der Waals surface area contributed by atoms with Crippen LogP contribution >= 0.6 is 69.5 Å². The number of esters is 1. The largest absolute Gasteiger partial charge is 0.478 e. The molecule has 0 aliphatic heterocycles. The van der Waals surface area contributed by atoms with Gasteiger partial charge in [0.25, 0.3) is 5.91 Å². The van der Waals surface area contributed by atoms with Crippen molar-refractivity contribution >= 4 is 104 Å². The van der Waals surface area contributed by atoms with Gasteiger partial charge in [0.2, 0.25) is 5.91 Å². The van der Waals surface area contributed by atoms with Crippen molar-refractivity contribution in [2.24, 2.45) is 0 Å². The van der Waals surface area contributed by atoms with Gasteiger partial charge in [-0.25, -0.2) is 9.59 Å². The summed E-state index contributed by atoms with van der Waals surface area (Å²) in [6.45, 7) is 1.72. The van der Waals surface area contributed by atoms with Crippen LogP contribution in [0.3, 0.4) is 0 Å². The van der Waals surface area contributed by atoms with Crippen molar-refractivity contribution in [1.29, 1.82) is 0 Å². The molecule has 0 bridgehead atoms. The molecule has 1 unspecified atom stereocenters. The minimum absolute atomic E-state index is 0.250. The first kappa shape index (κ1) is 31.5. The molecule has 41 heavy (non-hydrogen) atoms. The van der Waals surface area contributed by atoms with Crippen LogP contribution < -0.4 is 10.6 Å². The standard InChI is InChI=1S/C27H22Cl4N2O6S2/c1-11(23(34)33-25-16(27(38)39-2)14-8-3-4-9-15(14)41-25)40-13-7-5-6-12(10-13)32-24(35)17-18(26(36)37)20(29)22(31)21(30)19(17)28/h5-7,10-11H,3-4,8-9H2,1-2H3,(H,32,35)(H,33,34)(H,36,37). The molecule has 1 heterocycles.